The van der Waals surface area contributed by atoms with Gasteiger partial charge in [-0.05, 0) is 17.9 Å². The van der Waals surface area contributed by atoms with Crippen LogP contribution in [0.25, 0.3) is 0 Å². The van der Waals surface area contributed by atoms with Crippen molar-refractivity contribution in [3.63, 3.8) is 0 Å². The van der Waals surface area contributed by atoms with Crippen molar-refractivity contribution in [2.45, 2.75) is 41.5 Å². The zero-order valence-electron chi connectivity index (χ0n) is 10.6. The summed E-state index contributed by atoms with van der Waals surface area (Å²) in [6, 6.07) is 0. The van der Waals surface area contributed by atoms with Crippen molar-refractivity contribution in [1.29, 1.82) is 0 Å². The van der Waals surface area contributed by atoms with E-state index >= 15 is 0 Å². The average molecular weight is 201 g/mol. The van der Waals surface area contributed by atoms with Gasteiger partial charge in [0.15, 0.2) is 0 Å². The number of aliphatic hydroxyl groups excluding tert-OH is 1. The molecule has 0 radical (unpaired) electrons. The Kier molecular flexibility index (Phi) is 5.10. The summed E-state index contributed by atoms with van der Waals surface area (Å²) < 4.78 is 0. The second-order valence-electron chi connectivity index (χ2n) is 6.22. The molecule has 2 nitrogen and oxygen atoms in total. The first-order valence-corrected chi connectivity index (χ1v) is 5.50. The van der Waals surface area contributed by atoms with E-state index in [1.54, 1.807) is 0 Å². The van der Waals surface area contributed by atoms with Crippen molar-refractivity contribution < 1.29 is 5.11 Å². The van der Waals surface area contributed by atoms with Crippen molar-refractivity contribution in [3.8, 4) is 0 Å². The molecule has 0 fully saturated rings. The van der Waals surface area contributed by atoms with E-state index in [2.05, 4.69) is 46.9 Å². The van der Waals surface area contributed by atoms with Gasteiger partial charge in [0.1, 0.15) is 0 Å². The molecule has 0 aromatic rings. The maximum Gasteiger partial charge on any atom is 0.0494 e. The first-order chi connectivity index (χ1) is 6.19. The van der Waals surface area contributed by atoms with Gasteiger partial charge in [0, 0.05) is 18.6 Å². The minimum Gasteiger partial charge on any atom is -0.396 e. The molecule has 0 aromatic heterocycles. The predicted molar refractivity (Wildman–Crippen MR) is 62.4 cm³/mol. The fourth-order valence-electron chi connectivity index (χ4n) is 0.989. The van der Waals surface area contributed by atoms with Gasteiger partial charge >= 0.3 is 0 Å². The Morgan fingerprint density at radius 2 is 1.64 bits per heavy atom. The summed E-state index contributed by atoms with van der Waals surface area (Å²) in [7, 11) is 0. The third-order valence-corrected chi connectivity index (χ3v) is 2.96. The van der Waals surface area contributed by atoms with Crippen molar-refractivity contribution in [2.24, 2.45) is 16.7 Å². The highest BCUT2D eigenvalue weighted by Gasteiger charge is 2.21. The summed E-state index contributed by atoms with van der Waals surface area (Å²) in [6.07, 6.45) is 0. The van der Waals surface area contributed by atoms with Gasteiger partial charge in [-0.2, -0.15) is 0 Å². The van der Waals surface area contributed by atoms with Crippen molar-refractivity contribution in [1.82, 2.24) is 5.32 Å². The molecule has 0 saturated heterocycles. The van der Waals surface area contributed by atoms with Gasteiger partial charge < -0.3 is 10.4 Å². The van der Waals surface area contributed by atoms with Crippen LogP contribution in [0.4, 0.5) is 0 Å². The molecule has 1 unspecified atom stereocenters. The van der Waals surface area contributed by atoms with Crippen molar-refractivity contribution >= 4 is 0 Å². The summed E-state index contributed by atoms with van der Waals surface area (Å²) in [5, 5.41) is 12.5. The Morgan fingerprint density at radius 3 is 2.00 bits per heavy atom. The van der Waals surface area contributed by atoms with E-state index in [-0.39, 0.29) is 12.0 Å². The van der Waals surface area contributed by atoms with Gasteiger partial charge in [-0.1, -0.05) is 41.5 Å². The van der Waals surface area contributed by atoms with Gasteiger partial charge in [0.2, 0.25) is 0 Å². The van der Waals surface area contributed by atoms with E-state index < -0.39 is 0 Å². The third-order valence-electron chi connectivity index (χ3n) is 2.96. The van der Waals surface area contributed by atoms with Gasteiger partial charge in [0.05, 0.1) is 0 Å². The molecule has 0 aromatic carbocycles. The number of aliphatic hydroxyl groups is 1. The van der Waals surface area contributed by atoms with Gasteiger partial charge in [-0.25, -0.2) is 0 Å². The van der Waals surface area contributed by atoms with Gasteiger partial charge in [-0.3, -0.25) is 0 Å². The molecule has 0 aliphatic carbocycles. The Bertz CT molecular complexity index is 158. The smallest absolute Gasteiger partial charge is 0.0494 e. The molecule has 0 heterocycles. The average Bonchev–Trinajstić information content (AvgIpc) is 2.02. The topological polar surface area (TPSA) is 32.3 Å². The van der Waals surface area contributed by atoms with Crippen LogP contribution in [0.2, 0.25) is 0 Å². The zero-order chi connectivity index (χ0) is 11.4. The molecule has 0 spiro atoms. The van der Waals surface area contributed by atoms with E-state index in [0.29, 0.717) is 11.3 Å². The summed E-state index contributed by atoms with van der Waals surface area (Å²) in [4.78, 5) is 0. The van der Waals surface area contributed by atoms with Crippen molar-refractivity contribution in [2.75, 3.05) is 19.7 Å². The second kappa shape index (κ2) is 5.13. The van der Waals surface area contributed by atoms with E-state index in [9.17, 15) is 0 Å². The normalized spacial score (nSPS) is 15.6. The van der Waals surface area contributed by atoms with Gasteiger partial charge in [0.25, 0.3) is 0 Å². The SMILES string of the molecule is CC(CNCC(C)(C)CO)C(C)(C)C. The minimum absolute atomic E-state index is 0.00238. The lowest BCUT2D eigenvalue weighted by atomic mass is 9.82. The highest BCUT2D eigenvalue weighted by Crippen LogP contribution is 2.24. The first kappa shape index (κ1) is 13.9. The molecule has 0 rings (SSSR count). The molecule has 2 heteroatoms. The Hall–Kier alpha value is -0.0800. The largest absolute Gasteiger partial charge is 0.396 e. The predicted octanol–water partition coefficient (Wildman–Crippen LogP) is 2.28. The second-order valence-corrected chi connectivity index (χ2v) is 6.22. The highest BCUT2D eigenvalue weighted by atomic mass is 16.3. The molecule has 0 aliphatic rings. The quantitative estimate of drug-likeness (QED) is 0.715. The zero-order valence-corrected chi connectivity index (χ0v) is 10.6. The van der Waals surface area contributed by atoms with Crippen LogP contribution in [0, 0.1) is 16.7 Å². The molecule has 2 N–H and O–H groups in total. The molecule has 0 amide bonds. The molecule has 14 heavy (non-hydrogen) atoms. The lowest BCUT2D eigenvalue weighted by Crippen LogP contribution is -2.37. The summed E-state index contributed by atoms with van der Waals surface area (Å²) in [5.74, 6) is 0.650. The summed E-state index contributed by atoms with van der Waals surface area (Å²) in [5.41, 5.74) is 0.355. The van der Waals surface area contributed by atoms with Crippen LogP contribution >= 0.6 is 0 Å². The summed E-state index contributed by atoms with van der Waals surface area (Å²) >= 11 is 0. The van der Waals surface area contributed by atoms with Crippen LogP contribution in [-0.2, 0) is 0 Å². The summed E-state index contributed by atoms with van der Waals surface area (Å²) in [6.45, 7) is 15.3. The fourth-order valence-corrected chi connectivity index (χ4v) is 0.989. The lowest BCUT2D eigenvalue weighted by Gasteiger charge is -2.29. The van der Waals surface area contributed by atoms with Crippen LogP contribution < -0.4 is 5.32 Å². The molecule has 1 atom stereocenters. The van der Waals surface area contributed by atoms with Crippen LogP contribution in [0.5, 0.6) is 0 Å². The number of hydrogen-bond acceptors (Lipinski definition) is 2. The fraction of sp³-hybridized carbons (Fsp3) is 1.00. The van der Waals surface area contributed by atoms with Crippen LogP contribution in [0.1, 0.15) is 41.5 Å². The maximum absolute atomic E-state index is 9.08. The molecule has 0 bridgehead atoms. The van der Waals surface area contributed by atoms with Crippen LogP contribution in [0.3, 0.4) is 0 Å². The van der Waals surface area contributed by atoms with Crippen molar-refractivity contribution in [3.05, 3.63) is 0 Å². The van der Waals surface area contributed by atoms with E-state index in [1.165, 1.54) is 0 Å². The van der Waals surface area contributed by atoms with Crippen LogP contribution in [-0.4, -0.2) is 24.8 Å². The molecule has 0 saturated carbocycles. The molecular weight excluding hydrogens is 174 g/mol. The number of hydrogen-bond donors (Lipinski definition) is 2. The Morgan fingerprint density at radius 1 is 1.14 bits per heavy atom. The molecule has 0 aliphatic heterocycles. The number of rotatable bonds is 5. The maximum atomic E-state index is 9.08. The third kappa shape index (κ3) is 5.61. The number of nitrogens with one attached hydrogen (secondary N) is 1. The van der Waals surface area contributed by atoms with Gasteiger partial charge in [-0.15, -0.1) is 0 Å². The van der Waals surface area contributed by atoms with E-state index in [1.807, 2.05) is 0 Å². The highest BCUT2D eigenvalue weighted by molar-refractivity contribution is 4.75. The molecule has 86 valence electrons. The minimum atomic E-state index is -0.00238. The van der Waals surface area contributed by atoms with E-state index in [0.717, 1.165) is 13.1 Å². The monoisotopic (exact) mass is 201 g/mol. The molecular formula is C12H27NO. The first-order valence-electron chi connectivity index (χ1n) is 5.50. The van der Waals surface area contributed by atoms with Crippen LogP contribution in [0.15, 0.2) is 0 Å². The Labute approximate surface area is 89.1 Å². The lowest BCUT2D eigenvalue weighted by molar-refractivity contribution is 0.151. The standard InChI is InChI=1S/C12H27NO/c1-10(11(2,3)4)7-13-8-12(5,6)9-14/h10,13-14H,7-9H2,1-6H3. The Balaban J connectivity index is 3.75. The van der Waals surface area contributed by atoms with E-state index in [4.69, 9.17) is 5.11 Å².